The van der Waals surface area contributed by atoms with E-state index in [1.165, 1.54) is 6.33 Å². The van der Waals surface area contributed by atoms with E-state index in [0.717, 1.165) is 15.7 Å². The van der Waals surface area contributed by atoms with Crippen LogP contribution in [0.25, 0.3) is 11.5 Å². The Hall–Kier alpha value is -0.820. The van der Waals surface area contributed by atoms with Gasteiger partial charge in [-0.15, -0.1) is 0 Å². The molecule has 4 nitrogen and oxygen atoms in total. The molecule has 0 radical (unpaired) electrons. The zero-order chi connectivity index (χ0) is 13.1. The summed E-state index contributed by atoms with van der Waals surface area (Å²) in [5.41, 5.74) is 1.66. The van der Waals surface area contributed by atoms with Crippen LogP contribution in [0.1, 0.15) is 19.5 Å². The zero-order valence-corrected chi connectivity index (χ0v) is 13.0. The molecule has 2 heterocycles. The number of nitrogens with zero attached hydrogens (tertiary/aromatic N) is 4. The summed E-state index contributed by atoms with van der Waals surface area (Å²) in [6, 6.07) is 1.78. The second kappa shape index (κ2) is 5.88. The normalized spacial score (nSPS) is 10.9. The number of rotatable bonds is 3. The number of halogens is 2. The van der Waals surface area contributed by atoms with Crippen molar-refractivity contribution in [1.29, 1.82) is 0 Å². The van der Waals surface area contributed by atoms with Crippen LogP contribution in [0.15, 0.2) is 18.6 Å². The predicted molar refractivity (Wildman–Crippen MR) is 79.3 cm³/mol. The van der Waals surface area contributed by atoms with Crippen molar-refractivity contribution < 1.29 is 0 Å². The molecule has 0 fully saturated rings. The fraction of sp³-hybridized carbons (Fsp3) is 0.333. The van der Waals surface area contributed by atoms with E-state index in [2.05, 4.69) is 56.4 Å². The maximum atomic E-state index is 6.15. The van der Waals surface area contributed by atoms with Crippen molar-refractivity contribution in [3.05, 3.63) is 33.0 Å². The van der Waals surface area contributed by atoms with Crippen molar-refractivity contribution in [2.24, 2.45) is 5.92 Å². The first-order chi connectivity index (χ1) is 8.58. The SMILES string of the molecule is CC(C)Cc1nc(-c2ccncn2)nc(Cl)c1I. The van der Waals surface area contributed by atoms with Crippen molar-refractivity contribution in [1.82, 2.24) is 19.9 Å². The van der Waals surface area contributed by atoms with Crippen LogP contribution >= 0.6 is 34.2 Å². The Morgan fingerprint density at radius 1 is 1.33 bits per heavy atom. The smallest absolute Gasteiger partial charge is 0.180 e. The largest absolute Gasteiger partial charge is 0.245 e. The van der Waals surface area contributed by atoms with Crippen molar-refractivity contribution in [3.8, 4) is 11.5 Å². The highest BCUT2D eigenvalue weighted by Crippen LogP contribution is 2.24. The summed E-state index contributed by atoms with van der Waals surface area (Å²) < 4.78 is 0.917. The van der Waals surface area contributed by atoms with E-state index in [1.807, 2.05) is 0 Å². The number of aromatic nitrogens is 4. The second-order valence-electron chi connectivity index (χ2n) is 4.29. The Morgan fingerprint density at radius 3 is 2.72 bits per heavy atom. The van der Waals surface area contributed by atoms with Gasteiger partial charge in [-0.25, -0.2) is 19.9 Å². The molecule has 18 heavy (non-hydrogen) atoms. The van der Waals surface area contributed by atoms with Gasteiger partial charge in [0.2, 0.25) is 0 Å². The van der Waals surface area contributed by atoms with Gasteiger partial charge < -0.3 is 0 Å². The van der Waals surface area contributed by atoms with Crippen LogP contribution in [0, 0.1) is 9.49 Å². The van der Waals surface area contributed by atoms with Gasteiger partial charge in [0.25, 0.3) is 0 Å². The molecule has 2 aromatic heterocycles. The minimum absolute atomic E-state index is 0.481. The zero-order valence-electron chi connectivity index (χ0n) is 10.1. The molecule has 0 saturated heterocycles. The van der Waals surface area contributed by atoms with Gasteiger partial charge in [-0.2, -0.15) is 0 Å². The Labute approximate surface area is 124 Å². The molecule has 0 aliphatic rings. The lowest BCUT2D eigenvalue weighted by atomic mass is 10.1. The monoisotopic (exact) mass is 374 g/mol. The summed E-state index contributed by atoms with van der Waals surface area (Å²) in [4.78, 5) is 16.8. The van der Waals surface area contributed by atoms with Crippen LogP contribution in [0.5, 0.6) is 0 Å². The summed E-state index contributed by atoms with van der Waals surface area (Å²) in [7, 11) is 0. The molecule has 0 N–H and O–H groups in total. The Balaban J connectivity index is 2.47. The van der Waals surface area contributed by atoms with E-state index >= 15 is 0 Å². The molecule has 6 heteroatoms. The van der Waals surface area contributed by atoms with Gasteiger partial charge in [-0.05, 0) is 41.0 Å². The van der Waals surface area contributed by atoms with Gasteiger partial charge in [0.15, 0.2) is 5.82 Å². The van der Waals surface area contributed by atoms with Gasteiger partial charge in [0.1, 0.15) is 17.2 Å². The molecule has 0 aromatic carbocycles. The third-order valence-corrected chi connectivity index (χ3v) is 4.02. The lowest BCUT2D eigenvalue weighted by Gasteiger charge is -2.09. The van der Waals surface area contributed by atoms with Crippen LogP contribution in [0.3, 0.4) is 0 Å². The van der Waals surface area contributed by atoms with Crippen LogP contribution in [0.2, 0.25) is 5.15 Å². The Bertz CT molecular complexity index is 545. The highest BCUT2D eigenvalue weighted by molar-refractivity contribution is 14.1. The molecule has 0 aliphatic heterocycles. The molecule has 0 unspecified atom stereocenters. The number of hydrogen-bond acceptors (Lipinski definition) is 4. The van der Waals surface area contributed by atoms with Crippen LogP contribution < -0.4 is 0 Å². The molecule has 0 aliphatic carbocycles. The lowest BCUT2D eigenvalue weighted by Crippen LogP contribution is -2.05. The first-order valence-corrected chi connectivity index (χ1v) is 7.02. The molecule has 0 atom stereocenters. The standard InChI is InChI=1S/C12H12ClIN4/c1-7(2)5-9-10(14)11(13)18-12(17-9)8-3-4-15-6-16-8/h3-4,6-7H,5H2,1-2H3. The van der Waals surface area contributed by atoms with E-state index in [0.29, 0.717) is 22.6 Å². The lowest BCUT2D eigenvalue weighted by molar-refractivity contribution is 0.632. The first kappa shape index (κ1) is 13.6. The summed E-state index contributed by atoms with van der Waals surface area (Å²) in [5, 5.41) is 0.481. The highest BCUT2D eigenvalue weighted by atomic mass is 127. The van der Waals surface area contributed by atoms with Crippen molar-refractivity contribution in [2.45, 2.75) is 20.3 Å². The topological polar surface area (TPSA) is 51.6 Å². The molecule has 0 spiro atoms. The molecular weight excluding hydrogens is 363 g/mol. The quantitative estimate of drug-likeness (QED) is 0.610. The molecule has 2 rings (SSSR count). The maximum Gasteiger partial charge on any atom is 0.180 e. The van der Waals surface area contributed by atoms with Gasteiger partial charge in [-0.3, -0.25) is 0 Å². The first-order valence-electron chi connectivity index (χ1n) is 5.56. The van der Waals surface area contributed by atoms with Crippen LogP contribution in [-0.4, -0.2) is 19.9 Å². The van der Waals surface area contributed by atoms with Crippen LogP contribution in [0.4, 0.5) is 0 Å². The minimum atomic E-state index is 0.481. The van der Waals surface area contributed by atoms with Gasteiger partial charge in [-0.1, -0.05) is 25.4 Å². The van der Waals surface area contributed by atoms with Crippen molar-refractivity contribution >= 4 is 34.2 Å². The molecule has 0 amide bonds. The van der Waals surface area contributed by atoms with Gasteiger partial charge >= 0.3 is 0 Å². The second-order valence-corrected chi connectivity index (χ2v) is 5.73. The maximum absolute atomic E-state index is 6.15. The average molecular weight is 375 g/mol. The van der Waals surface area contributed by atoms with Crippen LogP contribution in [-0.2, 0) is 6.42 Å². The van der Waals surface area contributed by atoms with Crippen molar-refractivity contribution in [3.63, 3.8) is 0 Å². The van der Waals surface area contributed by atoms with E-state index in [4.69, 9.17) is 11.6 Å². The summed E-state index contributed by atoms with van der Waals surface area (Å²) >= 11 is 8.33. The van der Waals surface area contributed by atoms with Gasteiger partial charge in [0, 0.05) is 6.20 Å². The van der Waals surface area contributed by atoms with Crippen molar-refractivity contribution in [2.75, 3.05) is 0 Å². The number of hydrogen-bond donors (Lipinski definition) is 0. The summed E-state index contributed by atoms with van der Waals surface area (Å²) in [6.07, 6.45) is 4.02. The van der Waals surface area contributed by atoms with E-state index in [-0.39, 0.29) is 0 Å². The predicted octanol–water partition coefficient (Wildman–Crippen LogP) is 3.39. The average Bonchev–Trinajstić information content (AvgIpc) is 2.35. The third-order valence-electron chi connectivity index (χ3n) is 2.29. The Kier molecular flexibility index (Phi) is 4.45. The van der Waals surface area contributed by atoms with E-state index < -0.39 is 0 Å². The Morgan fingerprint density at radius 2 is 2.11 bits per heavy atom. The molecule has 94 valence electrons. The summed E-state index contributed by atoms with van der Waals surface area (Å²) in [5.74, 6) is 1.07. The molecular formula is C12H12ClIN4. The molecule has 0 saturated carbocycles. The molecule has 0 bridgehead atoms. The fourth-order valence-corrected chi connectivity index (χ4v) is 2.17. The van der Waals surface area contributed by atoms with E-state index in [1.54, 1.807) is 12.3 Å². The van der Waals surface area contributed by atoms with Gasteiger partial charge in [0.05, 0.1) is 9.26 Å². The highest BCUT2D eigenvalue weighted by Gasteiger charge is 2.13. The van der Waals surface area contributed by atoms with E-state index in [9.17, 15) is 0 Å². The minimum Gasteiger partial charge on any atom is -0.245 e. The fourth-order valence-electron chi connectivity index (χ4n) is 1.52. The molecule has 2 aromatic rings. The third kappa shape index (κ3) is 3.14. The summed E-state index contributed by atoms with van der Waals surface area (Å²) in [6.45, 7) is 4.30.